The van der Waals surface area contributed by atoms with Gasteiger partial charge in [-0.05, 0) is 37.8 Å². The van der Waals surface area contributed by atoms with Gasteiger partial charge < -0.3 is 5.32 Å². The van der Waals surface area contributed by atoms with E-state index in [0.29, 0.717) is 12.6 Å². The minimum absolute atomic E-state index is 0.0704. The molecule has 0 spiro atoms. The van der Waals surface area contributed by atoms with Crippen LogP contribution < -0.4 is 5.32 Å². The fourth-order valence-electron chi connectivity index (χ4n) is 3.10. The molecule has 3 heterocycles. The number of amides is 1. The largest absolute Gasteiger partial charge is 0.348 e. The molecule has 1 saturated heterocycles. The number of carbonyl (C=O) groups excluding carboxylic acids is 1. The highest BCUT2D eigenvalue weighted by atomic mass is 32.1. The molecule has 1 fully saturated rings. The molecule has 2 aromatic heterocycles. The minimum Gasteiger partial charge on any atom is -0.348 e. The van der Waals surface area contributed by atoms with E-state index in [0.717, 1.165) is 25.9 Å². The summed E-state index contributed by atoms with van der Waals surface area (Å²) >= 11 is 1.68. The van der Waals surface area contributed by atoms with E-state index in [9.17, 15) is 4.79 Å². The lowest BCUT2D eigenvalue weighted by Gasteiger charge is -2.35. The lowest BCUT2D eigenvalue weighted by atomic mass is 10.0. The third-order valence-electron chi connectivity index (χ3n) is 4.31. The number of likely N-dealkylation sites (tertiary alicyclic amines) is 1. The van der Waals surface area contributed by atoms with Crippen molar-refractivity contribution in [3.63, 3.8) is 0 Å². The second kappa shape index (κ2) is 7.70. The van der Waals surface area contributed by atoms with Crippen molar-refractivity contribution in [1.82, 2.24) is 25.0 Å². The monoisotopic (exact) mass is 333 g/mol. The third-order valence-corrected chi connectivity index (χ3v) is 5.36. The summed E-state index contributed by atoms with van der Waals surface area (Å²) in [5, 5.41) is 9.33. The Bertz CT molecular complexity index is 598. The second-order valence-corrected chi connectivity index (χ2v) is 7.02. The Morgan fingerprint density at radius 2 is 2.43 bits per heavy atom. The van der Waals surface area contributed by atoms with Gasteiger partial charge in [-0.25, -0.2) is 4.98 Å². The zero-order valence-electron chi connectivity index (χ0n) is 13.4. The minimum atomic E-state index is 0.0704. The van der Waals surface area contributed by atoms with Crippen LogP contribution in [0.15, 0.2) is 30.2 Å². The van der Waals surface area contributed by atoms with Crippen LogP contribution >= 0.6 is 11.3 Å². The van der Waals surface area contributed by atoms with Gasteiger partial charge in [0.1, 0.15) is 12.7 Å². The fraction of sp³-hybridized carbons (Fsp3) is 0.562. The SMILES string of the molecule is CC(NC(=O)CN1CCCCC1Cn1cncn1)c1cccs1. The first kappa shape index (κ1) is 16.1. The Balaban J connectivity index is 1.54. The van der Waals surface area contributed by atoms with Gasteiger partial charge in [-0.3, -0.25) is 14.4 Å². The van der Waals surface area contributed by atoms with Crippen molar-refractivity contribution in [3.05, 3.63) is 35.0 Å². The Kier molecular flexibility index (Phi) is 5.40. The van der Waals surface area contributed by atoms with Crippen molar-refractivity contribution < 1.29 is 4.79 Å². The van der Waals surface area contributed by atoms with Crippen LogP contribution in [0.5, 0.6) is 0 Å². The van der Waals surface area contributed by atoms with Gasteiger partial charge in [0, 0.05) is 10.9 Å². The van der Waals surface area contributed by atoms with Gasteiger partial charge in [0.2, 0.25) is 5.91 Å². The van der Waals surface area contributed by atoms with Crippen LogP contribution in [-0.4, -0.2) is 44.7 Å². The van der Waals surface area contributed by atoms with Gasteiger partial charge >= 0.3 is 0 Å². The topological polar surface area (TPSA) is 63.1 Å². The summed E-state index contributed by atoms with van der Waals surface area (Å²) in [4.78, 5) is 19.8. The molecule has 2 aromatic rings. The smallest absolute Gasteiger partial charge is 0.234 e. The maximum Gasteiger partial charge on any atom is 0.234 e. The van der Waals surface area contributed by atoms with E-state index in [-0.39, 0.29) is 11.9 Å². The van der Waals surface area contributed by atoms with E-state index in [2.05, 4.69) is 26.4 Å². The van der Waals surface area contributed by atoms with Crippen LogP contribution in [0.3, 0.4) is 0 Å². The molecule has 2 atom stereocenters. The maximum atomic E-state index is 12.4. The van der Waals surface area contributed by atoms with Crippen LogP contribution in [0.25, 0.3) is 0 Å². The molecule has 6 nitrogen and oxygen atoms in total. The zero-order valence-corrected chi connectivity index (χ0v) is 14.2. The van der Waals surface area contributed by atoms with Gasteiger partial charge in [-0.1, -0.05) is 12.5 Å². The van der Waals surface area contributed by atoms with Crippen molar-refractivity contribution in [3.8, 4) is 0 Å². The van der Waals surface area contributed by atoms with E-state index in [1.807, 2.05) is 23.1 Å². The van der Waals surface area contributed by atoms with E-state index in [1.165, 1.54) is 11.3 Å². The van der Waals surface area contributed by atoms with Crippen LogP contribution in [0, 0.1) is 0 Å². The Hall–Kier alpha value is -1.73. The average Bonchev–Trinajstić information content (AvgIpc) is 3.22. The van der Waals surface area contributed by atoms with Crippen molar-refractivity contribution in [2.45, 2.75) is 44.8 Å². The van der Waals surface area contributed by atoms with Crippen LogP contribution in [0.1, 0.15) is 37.1 Å². The third kappa shape index (κ3) is 4.39. The highest BCUT2D eigenvalue weighted by molar-refractivity contribution is 7.10. The first-order chi connectivity index (χ1) is 11.2. The van der Waals surface area contributed by atoms with Gasteiger partial charge in [-0.2, -0.15) is 5.10 Å². The van der Waals surface area contributed by atoms with Crippen LogP contribution in [0.4, 0.5) is 0 Å². The average molecular weight is 333 g/mol. The number of rotatable bonds is 6. The summed E-state index contributed by atoms with van der Waals surface area (Å²) in [5.41, 5.74) is 0. The molecule has 0 saturated carbocycles. The van der Waals surface area contributed by atoms with E-state index >= 15 is 0 Å². The van der Waals surface area contributed by atoms with Crippen LogP contribution in [0.2, 0.25) is 0 Å². The number of nitrogens with one attached hydrogen (secondary N) is 1. The number of carbonyl (C=O) groups is 1. The van der Waals surface area contributed by atoms with Crippen molar-refractivity contribution in [2.75, 3.05) is 13.1 Å². The molecule has 1 N–H and O–H groups in total. The predicted molar refractivity (Wildman–Crippen MR) is 90.1 cm³/mol. The number of hydrogen-bond donors (Lipinski definition) is 1. The highest BCUT2D eigenvalue weighted by Gasteiger charge is 2.25. The molecule has 1 aliphatic heterocycles. The number of piperidine rings is 1. The summed E-state index contributed by atoms with van der Waals surface area (Å²) in [7, 11) is 0. The van der Waals surface area contributed by atoms with Gasteiger partial charge in [0.25, 0.3) is 0 Å². The van der Waals surface area contributed by atoms with Crippen molar-refractivity contribution >= 4 is 17.2 Å². The number of aromatic nitrogens is 3. The predicted octanol–water partition coefficient (Wildman–Crippen LogP) is 2.07. The Morgan fingerprint density at radius 3 is 3.17 bits per heavy atom. The van der Waals surface area contributed by atoms with E-state index in [1.54, 1.807) is 24.0 Å². The van der Waals surface area contributed by atoms with E-state index < -0.39 is 0 Å². The summed E-state index contributed by atoms with van der Waals surface area (Å²) in [5.74, 6) is 0.0939. The van der Waals surface area contributed by atoms with Crippen molar-refractivity contribution in [1.29, 1.82) is 0 Å². The van der Waals surface area contributed by atoms with Gasteiger partial charge in [0.15, 0.2) is 0 Å². The zero-order chi connectivity index (χ0) is 16.1. The summed E-state index contributed by atoms with van der Waals surface area (Å²) < 4.78 is 1.86. The number of nitrogens with zero attached hydrogens (tertiary/aromatic N) is 4. The summed E-state index contributed by atoms with van der Waals surface area (Å²) in [6, 6.07) is 4.50. The number of hydrogen-bond acceptors (Lipinski definition) is 5. The highest BCUT2D eigenvalue weighted by Crippen LogP contribution is 2.20. The lowest BCUT2D eigenvalue weighted by Crippen LogP contribution is -2.47. The second-order valence-electron chi connectivity index (χ2n) is 6.04. The first-order valence-electron chi connectivity index (χ1n) is 8.11. The summed E-state index contributed by atoms with van der Waals surface area (Å²) in [6.45, 7) is 4.26. The molecule has 7 heteroatoms. The molecule has 0 bridgehead atoms. The van der Waals surface area contributed by atoms with E-state index in [4.69, 9.17) is 0 Å². The molecule has 1 amide bonds. The van der Waals surface area contributed by atoms with Gasteiger partial charge in [0.05, 0.1) is 19.1 Å². The fourth-order valence-corrected chi connectivity index (χ4v) is 3.83. The standard InChI is InChI=1S/C16H23N5OS/c1-13(15-6-4-8-23-15)19-16(22)10-20-7-3-2-5-14(20)9-21-12-17-11-18-21/h4,6,8,11-14H,2-3,5,7,9-10H2,1H3,(H,19,22). The molecule has 23 heavy (non-hydrogen) atoms. The molecular formula is C16H23N5OS. The molecule has 3 rings (SSSR count). The molecular weight excluding hydrogens is 310 g/mol. The molecule has 2 unspecified atom stereocenters. The Labute approximate surface area is 140 Å². The molecule has 124 valence electrons. The summed E-state index contributed by atoms with van der Waals surface area (Å²) in [6.07, 6.45) is 6.77. The quantitative estimate of drug-likeness (QED) is 0.879. The molecule has 0 radical (unpaired) electrons. The van der Waals surface area contributed by atoms with Crippen LogP contribution in [-0.2, 0) is 11.3 Å². The normalized spacial score (nSPS) is 20.3. The number of thiophene rings is 1. The lowest BCUT2D eigenvalue weighted by molar-refractivity contribution is -0.123. The Morgan fingerprint density at radius 1 is 1.52 bits per heavy atom. The van der Waals surface area contributed by atoms with Crippen molar-refractivity contribution in [2.24, 2.45) is 0 Å². The molecule has 1 aliphatic rings. The molecule has 0 aliphatic carbocycles. The molecule has 0 aromatic carbocycles. The first-order valence-corrected chi connectivity index (χ1v) is 8.99. The van der Waals surface area contributed by atoms with Gasteiger partial charge in [-0.15, -0.1) is 11.3 Å². The maximum absolute atomic E-state index is 12.4.